The second kappa shape index (κ2) is 9.39. The van der Waals surface area contributed by atoms with E-state index in [1.165, 1.54) is 0 Å². The van der Waals surface area contributed by atoms with Gasteiger partial charge >= 0.3 is 0 Å². The molecule has 0 aliphatic carbocycles. The number of para-hydroxylation sites is 2. The van der Waals surface area contributed by atoms with Gasteiger partial charge < -0.3 is 18.9 Å². The number of carbonyl (C=O) groups is 1. The van der Waals surface area contributed by atoms with Crippen LogP contribution in [0.15, 0.2) is 66.7 Å². The molecule has 174 valence electrons. The van der Waals surface area contributed by atoms with Gasteiger partial charge in [0, 0.05) is 29.6 Å². The third kappa shape index (κ3) is 4.33. The van der Waals surface area contributed by atoms with Crippen LogP contribution < -0.4 is 14.4 Å². The highest BCUT2D eigenvalue weighted by atomic mass is 35.5. The van der Waals surface area contributed by atoms with Gasteiger partial charge in [-0.25, -0.2) is 4.98 Å². The number of nitrogens with zero attached hydrogens (tertiary/aromatic N) is 3. The summed E-state index contributed by atoms with van der Waals surface area (Å²) in [6, 6.07) is 21.3. The summed E-state index contributed by atoms with van der Waals surface area (Å²) >= 11 is 6.22. The number of aryl methyl sites for hydroxylation is 1. The molecular weight excluding hydrogens is 450 g/mol. The van der Waals surface area contributed by atoms with Crippen LogP contribution in [-0.4, -0.2) is 35.7 Å². The van der Waals surface area contributed by atoms with Gasteiger partial charge in [-0.3, -0.25) is 4.79 Å². The number of carbonyl (C=O) groups excluding carboxylic acids is 1. The Morgan fingerprint density at radius 3 is 2.62 bits per heavy atom. The standard InChI is InChI=1S/C27H26ClN3O3/c1-18-7-8-20(28)16-25(18)31-17-19(15-26(31)32)27-29-23-5-3-4-6-24(23)30(27)13-14-34-22-11-9-21(33-2)10-12-22/h3-12,16,19H,13-15,17H2,1-2H3/t19-/m1/s1. The van der Waals surface area contributed by atoms with Crippen molar-refractivity contribution in [3.8, 4) is 11.5 Å². The van der Waals surface area contributed by atoms with E-state index in [1.54, 1.807) is 7.11 Å². The van der Waals surface area contributed by atoms with E-state index < -0.39 is 0 Å². The molecule has 0 radical (unpaired) electrons. The molecule has 5 rings (SSSR count). The quantitative estimate of drug-likeness (QED) is 0.349. The molecule has 4 aromatic rings. The highest BCUT2D eigenvalue weighted by molar-refractivity contribution is 6.31. The lowest BCUT2D eigenvalue weighted by molar-refractivity contribution is -0.117. The first-order valence-corrected chi connectivity index (χ1v) is 11.7. The zero-order valence-electron chi connectivity index (χ0n) is 19.2. The van der Waals surface area contributed by atoms with Crippen molar-refractivity contribution in [1.29, 1.82) is 0 Å². The molecule has 34 heavy (non-hydrogen) atoms. The molecule has 1 aromatic heterocycles. The Hall–Kier alpha value is -3.51. The molecule has 7 heteroatoms. The van der Waals surface area contributed by atoms with E-state index in [9.17, 15) is 4.79 Å². The fourth-order valence-corrected chi connectivity index (χ4v) is 4.72. The molecule has 3 aromatic carbocycles. The van der Waals surface area contributed by atoms with E-state index >= 15 is 0 Å². The van der Waals surface area contributed by atoms with Crippen LogP contribution in [0.25, 0.3) is 11.0 Å². The van der Waals surface area contributed by atoms with Crippen LogP contribution in [0, 0.1) is 6.92 Å². The highest BCUT2D eigenvalue weighted by Gasteiger charge is 2.35. The summed E-state index contributed by atoms with van der Waals surface area (Å²) in [5.74, 6) is 2.56. The number of hydrogen-bond acceptors (Lipinski definition) is 4. The van der Waals surface area contributed by atoms with Gasteiger partial charge in [0.2, 0.25) is 5.91 Å². The maximum atomic E-state index is 13.0. The number of imidazole rings is 1. The van der Waals surface area contributed by atoms with Crippen LogP contribution in [0.4, 0.5) is 5.69 Å². The zero-order valence-corrected chi connectivity index (χ0v) is 20.0. The molecule has 2 heterocycles. The van der Waals surface area contributed by atoms with Gasteiger partial charge in [-0.2, -0.15) is 0 Å². The van der Waals surface area contributed by atoms with Crippen molar-refractivity contribution >= 4 is 34.2 Å². The molecule has 1 fully saturated rings. The van der Waals surface area contributed by atoms with Gasteiger partial charge in [0.25, 0.3) is 0 Å². The summed E-state index contributed by atoms with van der Waals surface area (Å²) < 4.78 is 13.4. The predicted octanol–water partition coefficient (Wildman–Crippen LogP) is 5.61. The fourth-order valence-electron chi connectivity index (χ4n) is 4.55. The van der Waals surface area contributed by atoms with Crippen LogP contribution in [0.1, 0.15) is 23.7 Å². The van der Waals surface area contributed by atoms with Crippen molar-refractivity contribution in [3.63, 3.8) is 0 Å². The number of benzene rings is 3. The zero-order chi connectivity index (χ0) is 23.7. The largest absolute Gasteiger partial charge is 0.497 e. The summed E-state index contributed by atoms with van der Waals surface area (Å²) in [6.45, 7) is 3.68. The molecule has 1 aliphatic rings. The summed E-state index contributed by atoms with van der Waals surface area (Å²) in [7, 11) is 1.64. The summed E-state index contributed by atoms with van der Waals surface area (Å²) in [5.41, 5.74) is 3.86. The molecule has 1 aliphatic heterocycles. The molecule has 6 nitrogen and oxygen atoms in total. The van der Waals surface area contributed by atoms with E-state index in [-0.39, 0.29) is 11.8 Å². The lowest BCUT2D eigenvalue weighted by Gasteiger charge is -2.20. The Balaban J connectivity index is 1.39. The first-order valence-electron chi connectivity index (χ1n) is 11.3. The van der Waals surface area contributed by atoms with Crippen LogP contribution in [0.5, 0.6) is 11.5 Å². The maximum Gasteiger partial charge on any atom is 0.227 e. The predicted molar refractivity (Wildman–Crippen MR) is 134 cm³/mol. The SMILES string of the molecule is COc1ccc(OCCn2c([C@@H]3CC(=O)N(c4cc(Cl)ccc4C)C3)nc3ccccc32)cc1. The van der Waals surface area contributed by atoms with Crippen molar-refractivity contribution in [1.82, 2.24) is 9.55 Å². The third-order valence-electron chi connectivity index (χ3n) is 6.28. The van der Waals surface area contributed by atoms with E-state index in [0.717, 1.165) is 39.6 Å². The third-order valence-corrected chi connectivity index (χ3v) is 6.51. The number of halogens is 1. The van der Waals surface area contributed by atoms with Gasteiger partial charge in [-0.15, -0.1) is 0 Å². The molecule has 0 bridgehead atoms. The van der Waals surface area contributed by atoms with Crippen molar-refractivity contribution in [2.45, 2.75) is 25.8 Å². The minimum Gasteiger partial charge on any atom is -0.497 e. The number of ether oxygens (including phenoxy) is 2. The second-order valence-corrected chi connectivity index (χ2v) is 8.91. The van der Waals surface area contributed by atoms with Crippen LogP contribution in [-0.2, 0) is 11.3 Å². The summed E-state index contributed by atoms with van der Waals surface area (Å²) in [5, 5.41) is 0.625. The molecule has 1 atom stereocenters. The molecular formula is C27H26ClN3O3. The highest BCUT2D eigenvalue weighted by Crippen LogP contribution is 2.35. The van der Waals surface area contributed by atoms with E-state index in [4.69, 9.17) is 26.1 Å². The molecule has 0 unspecified atom stereocenters. The number of fused-ring (bicyclic) bond motifs is 1. The van der Waals surface area contributed by atoms with E-state index in [1.807, 2.05) is 72.5 Å². The van der Waals surface area contributed by atoms with Crippen LogP contribution >= 0.6 is 11.6 Å². The maximum absolute atomic E-state index is 13.0. The fraction of sp³-hybridized carbons (Fsp3) is 0.259. The van der Waals surface area contributed by atoms with Crippen molar-refractivity contribution < 1.29 is 14.3 Å². The topological polar surface area (TPSA) is 56.6 Å². The molecule has 1 amide bonds. The lowest BCUT2D eigenvalue weighted by Crippen LogP contribution is -2.25. The smallest absolute Gasteiger partial charge is 0.227 e. The van der Waals surface area contributed by atoms with Crippen LogP contribution in [0.3, 0.4) is 0 Å². The Morgan fingerprint density at radius 1 is 1.06 bits per heavy atom. The molecule has 0 N–H and O–H groups in total. The average Bonchev–Trinajstić information content (AvgIpc) is 3.41. The lowest BCUT2D eigenvalue weighted by atomic mass is 10.1. The van der Waals surface area contributed by atoms with E-state index in [0.29, 0.717) is 31.1 Å². The van der Waals surface area contributed by atoms with Gasteiger partial charge in [0.15, 0.2) is 0 Å². The van der Waals surface area contributed by atoms with Gasteiger partial charge in [-0.05, 0) is 61.0 Å². The molecule has 1 saturated heterocycles. The minimum absolute atomic E-state index is 0.0146. The van der Waals surface area contributed by atoms with E-state index in [2.05, 4.69) is 10.6 Å². The van der Waals surface area contributed by atoms with Gasteiger partial charge in [0.05, 0.1) is 24.7 Å². The first kappa shape index (κ1) is 22.3. The summed E-state index contributed by atoms with van der Waals surface area (Å²) in [6.07, 6.45) is 0.411. The van der Waals surface area contributed by atoms with Crippen molar-refractivity contribution in [3.05, 3.63) is 83.1 Å². The molecule has 0 saturated carbocycles. The number of anilines is 1. The average molecular weight is 476 g/mol. The Labute approximate surface area is 203 Å². The minimum atomic E-state index is -0.0146. The second-order valence-electron chi connectivity index (χ2n) is 8.47. The Morgan fingerprint density at radius 2 is 1.82 bits per heavy atom. The van der Waals surface area contributed by atoms with Crippen LogP contribution in [0.2, 0.25) is 5.02 Å². The number of aromatic nitrogens is 2. The number of methoxy groups -OCH3 is 1. The number of hydrogen-bond donors (Lipinski definition) is 0. The summed E-state index contributed by atoms with van der Waals surface area (Å²) in [4.78, 5) is 19.8. The number of amides is 1. The van der Waals surface area contributed by atoms with Crippen molar-refractivity contribution in [2.24, 2.45) is 0 Å². The monoisotopic (exact) mass is 475 g/mol. The Bertz CT molecular complexity index is 1330. The normalized spacial score (nSPS) is 15.8. The van der Waals surface area contributed by atoms with Gasteiger partial charge in [0.1, 0.15) is 23.9 Å². The Kier molecular flexibility index (Phi) is 6.16. The number of rotatable bonds is 7. The molecule has 0 spiro atoms. The first-order chi connectivity index (χ1) is 16.5. The van der Waals surface area contributed by atoms with Gasteiger partial charge in [-0.1, -0.05) is 29.8 Å². The van der Waals surface area contributed by atoms with Crippen molar-refractivity contribution in [2.75, 3.05) is 25.2 Å².